The average Bonchev–Trinajstić information content (AvgIpc) is 3.39. The number of hydrogen-bond acceptors (Lipinski definition) is 6. The molecule has 42 heavy (non-hydrogen) atoms. The number of aliphatic carboxylic acids is 1. The molecule has 218 valence electrons. The summed E-state index contributed by atoms with van der Waals surface area (Å²) in [6.07, 6.45) is 2.00. The fourth-order valence-electron chi connectivity index (χ4n) is 5.26. The van der Waals surface area contributed by atoms with Crippen molar-refractivity contribution in [3.63, 3.8) is 0 Å². The van der Waals surface area contributed by atoms with Gasteiger partial charge in [-0.25, -0.2) is 9.78 Å². The molecule has 1 aliphatic rings. The van der Waals surface area contributed by atoms with Crippen LogP contribution in [0.25, 0.3) is 22.6 Å². The first-order chi connectivity index (χ1) is 20.4. The second kappa shape index (κ2) is 13.4. The molecule has 4 aromatic rings. The minimum atomic E-state index is -0.853. The van der Waals surface area contributed by atoms with Crippen molar-refractivity contribution in [2.45, 2.75) is 52.5 Å². The third kappa shape index (κ3) is 6.82. The molecule has 8 nitrogen and oxygen atoms in total. The van der Waals surface area contributed by atoms with Crippen LogP contribution in [0.3, 0.4) is 0 Å². The van der Waals surface area contributed by atoms with E-state index in [9.17, 15) is 14.7 Å². The first-order valence-electron chi connectivity index (χ1n) is 14.4. The van der Waals surface area contributed by atoms with E-state index >= 15 is 0 Å². The van der Waals surface area contributed by atoms with Gasteiger partial charge in [-0.2, -0.15) is 0 Å². The van der Waals surface area contributed by atoms with Crippen molar-refractivity contribution in [3.05, 3.63) is 94.9 Å². The van der Waals surface area contributed by atoms with Gasteiger partial charge in [-0.1, -0.05) is 55.5 Å². The van der Waals surface area contributed by atoms with E-state index in [-0.39, 0.29) is 12.5 Å². The molecule has 0 bridgehead atoms. The second-order valence-electron chi connectivity index (χ2n) is 10.4. The number of aryl methyl sites for hydroxylation is 2. The Hall–Kier alpha value is -4.59. The summed E-state index contributed by atoms with van der Waals surface area (Å²) in [5, 5.41) is 9.23. The summed E-state index contributed by atoms with van der Waals surface area (Å²) in [6, 6.07) is 22.2. The third-order valence-corrected chi connectivity index (χ3v) is 7.47. The number of carboxylic acid groups (broad SMARTS) is 1. The predicted molar refractivity (Wildman–Crippen MR) is 159 cm³/mol. The number of nitrogens with zero attached hydrogens (tertiary/aromatic N) is 2. The lowest BCUT2D eigenvalue weighted by atomic mass is 9.92. The number of amides is 1. The maximum atomic E-state index is 12.5. The van der Waals surface area contributed by atoms with Crippen molar-refractivity contribution in [2.75, 3.05) is 19.8 Å². The molecule has 0 unspecified atom stereocenters. The van der Waals surface area contributed by atoms with E-state index in [4.69, 9.17) is 18.9 Å². The number of hydrogen-bond donors (Lipinski definition) is 1. The van der Waals surface area contributed by atoms with E-state index in [1.54, 1.807) is 4.90 Å². The largest absolute Gasteiger partial charge is 0.493 e. The van der Waals surface area contributed by atoms with E-state index in [0.717, 1.165) is 57.0 Å². The molecule has 3 aromatic carbocycles. The van der Waals surface area contributed by atoms with Crippen LogP contribution in [0, 0.1) is 6.92 Å². The number of fused-ring (bicyclic) bond motifs is 1. The van der Waals surface area contributed by atoms with Crippen LogP contribution in [-0.2, 0) is 35.3 Å². The highest BCUT2D eigenvalue weighted by Crippen LogP contribution is 2.33. The highest BCUT2D eigenvalue weighted by atomic mass is 16.6. The van der Waals surface area contributed by atoms with Gasteiger partial charge in [-0.05, 0) is 66.6 Å². The lowest BCUT2D eigenvalue weighted by molar-refractivity contribution is -0.136. The highest BCUT2D eigenvalue weighted by molar-refractivity contribution is 5.70. The van der Waals surface area contributed by atoms with Crippen molar-refractivity contribution in [2.24, 2.45) is 0 Å². The normalized spacial score (nSPS) is 12.6. The second-order valence-corrected chi connectivity index (χ2v) is 10.4. The van der Waals surface area contributed by atoms with Crippen LogP contribution >= 0.6 is 0 Å². The molecule has 0 saturated heterocycles. The average molecular weight is 569 g/mol. The van der Waals surface area contributed by atoms with Gasteiger partial charge < -0.3 is 23.9 Å². The van der Waals surface area contributed by atoms with Crippen LogP contribution in [0.2, 0.25) is 0 Å². The van der Waals surface area contributed by atoms with E-state index in [1.807, 2.05) is 56.3 Å². The Balaban J connectivity index is 1.29. The van der Waals surface area contributed by atoms with Crippen LogP contribution in [0.15, 0.2) is 71.1 Å². The highest BCUT2D eigenvalue weighted by Gasteiger charge is 2.26. The monoisotopic (exact) mass is 568 g/mol. The zero-order chi connectivity index (χ0) is 29.5. The maximum Gasteiger partial charge on any atom is 0.410 e. The number of aromatic nitrogens is 1. The first-order valence-corrected chi connectivity index (χ1v) is 14.4. The van der Waals surface area contributed by atoms with Gasteiger partial charge >= 0.3 is 12.1 Å². The minimum Gasteiger partial charge on any atom is -0.493 e. The summed E-state index contributed by atoms with van der Waals surface area (Å²) in [5.74, 6) is 1.23. The van der Waals surface area contributed by atoms with Crippen LogP contribution in [0.4, 0.5) is 4.79 Å². The van der Waals surface area contributed by atoms with Crippen molar-refractivity contribution < 1.29 is 28.6 Å². The molecule has 8 heteroatoms. The van der Waals surface area contributed by atoms with Crippen LogP contribution < -0.4 is 4.74 Å². The topological polar surface area (TPSA) is 102 Å². The third-order valence-electron chi connectivity index (χ3n) is 7.47. The number of benzene rings is 3. The first kappa shape index (κ1) is 28.9. The van der Waals surface area contributed by atoms with Crippen LogP contribution in [0.5, 0.6) is 5.75 Å². The van der Waals surface area contributed by atoms with Gasteiger partial charge in [0, 0.05) is 37.1 Å². The summed E-state index contributed by atoms with van der Waals surface area (Å²) in [7, 11) is 0. The van der Waals surface area contributed by atoms with E-state index < -0.39 is 5.97 Å². The number of oxazole rings is 1. The Morgan fingerprint density at radius 1 is 0.952 bits per heavy atom. The molecule has 2 heterocycles. The van der Waals surface area contributed by atoms with Crippen molar-refractivity contribution in [3.8, 4) is 28.3 Å². The summed E-state index contributed by atoms with van der Waals surface area (Å²) in [5.41, 5.74) is 6.88. The smallest absolute Gasteiger partial charge is 0.410 e. The number of rotatable bonds is 11. The maximum absolute atomic E-state index is 12.5. The SMILES string of the molecule is CCCOC(=O)N1CCc2c(OCCc3nc(-c4cccc(-c5ccccc5)c4)oc3C)ccc(CCC(=O)O)c2C1. The van der Waals surface area contributed by atoms with E-state index in [2.05, 4.69) is 24.3 Å². The molecule has 0 saturated carbocycles. The number of carbonyl (C=O) groups excluding carboxylic acids is 1. The molecular formula is C34H36N2O6. The van der Waals surface area contributed by atoms with E-state index in [1.165, 1.54) is 0 Å². The van der Waals surface area contributed by atoms with Crippen LogP contribution in [-0.4, -0.2) is 46.8 Å². The van der Waals surface area contributed by atoms with Gasteiger partial charge in [0.05, 0.1) is 18.9 Å². The number of ether oxygens (including phenoxy) is 2. The molecule has 1 aliphatic heterocycles. The lowest BCUT2D eigenvalue weighted by Crippen LogP contribution is -2.37. The van der Waals surface area contributed by atoms with Gasteiger partial charge in [-0.3, -0.25) is 4.79 Å². The quantitative estimate of drug-likeness (QED) is 0.211. The molecule has 1 N–H and O–H groups in total. The minimum absolute atomic E-state index is 0.0228. The molecule has 1 amide bonds. The Morgan fingerprint density at radius 3 is 2.52 bits per heavy atom. The Morgan fingerprint density at radius 2 is 1.74 bits per heavy atom. The molecule has 0 atom stereocenters. The molecule has 1 aromatic heterocycles. The Bertz CT molecular complexity index is 1550. The Kier molecular flexibility index (Phi) is 9.21. The molecule has 0 radical (unpaired) electrons. The van der Waals surface area contributed by atoms with E-state index in [0.29, 0.717) is 51.5 Å². The van der Waals surface area contributed by atoms with Crippen molar-refractivity contribution >= 4 is 12.1 Å². The summed E-state index contributed by atoms with van der Waals surface area (Å²) in [6.45, 7) is 5.54. The zero-order valence-electron chi connectivity index (χ0n) is 24.1. The Labute approximate surface area is 245 Å². The van der Waals surface area contributed by atoms with Gasteiger partial charge in [0.25, 0.3) is 0 Å². The summed E-state index contributed by atoms with van der Waals surface area (Å²) < 4.78 is 17.7. The summed E-state index contributed by atoms with van der Waals surface area (Å²) in [4.78, 5) is 30.3. The molecular weight excluding hydrogens is 532 g/mol. The van der Waals surface area contributed by atoms with Crippen molar-refractivity contribution in [1.82, 2.24) is 9.88 Å². The molecule has 0 spiro atoms. The standard InChI is InChI=1S/C34H36N2O6/c1-3-19-41-34(39)36-18-16-28-29(22-36)25(13-15-32(37)38)12-14-31(28)40-20-17-30-23(2)42-33(35-30)27-11-7-10-26(21-27)24-8-5-4-6-9-24/h4-12,14,21H,3,13,15-20,22H2,1-2H3,(H,37,38). The predicted octanol–water partition coefficient (Wildman–Crippen LogP) is 6.86. The number of carboxylic acids is 1. The fraction of sp³-hybridized carbons (Fsp3) is 0.324. The van der Waals surface area contributed by atoms with Crippen molar-refractivity contribution in [1.29, 1.82) is 0 Å². The molecule has 5 rings (SSSR count). The number of carbonyl (C=O) groups is 2. The summed E-state index contributed by atoms with van der Waals surface area (Å²) >= 11 is 0. The van der Waals surface area contributed by atoms with Crippen LogP contribution in [0.1, 0.15) is 47.9 Å². The lowest BCUT2D eigenvalue weighted by Gasteiger charge is -2.31. The zero-order valence-corrected chi connectivity index (χ0v) is 24.1. The molecule has 0 fully saturated rings. The van der Waals surface area contributed by atoms with Gasteiger partial charge in [0.2, 0.25) is 5.89 Å². The van der Waals surface area contributed by atoms with Gasteiger partial charge in [-0.15, -0.1) is 0 Å². The van der Waals surface area contributed by atoms with Gasteiger partial charge in [0.15, 0.2) is 0 Å². The molecule has 0 aliphatic carbocycles. The fourth-order valence-corrected chi connectivity index (χ4v) is 5.26. The van der Waals surface area contributed by atoms with Gasteiger partial charge in [0.1, 0.15) is 11.5 Å².